The Morgan fingerprint density at radius 1 is 1.04 bits per heavy atom. The van der Waals surface area contributed by atoms with Crippen molar-refractivity contribution in [1.82, 2.24) is 14.8 Å². The van der Waals surface area contributed by atoms with Gasteiger partial charge in [0.05, 0.1) is 5.69 Å². The summed E-state index contributed by atoms with van der Waals surface area (Å²) in [5.41, 5.74) is 3.36. The molecule has 0 saturated carbocycles. The van der Waals surface area contributed by atoms with E-state index in [1.165, 1.54) is 5.56 Å². The first-order valence-corrected chi connectivity index (χ1v) is 9.28. The first kappa shape index (κ1) is 18.5. The van der Waals surface area contributed by atoms with Gasteiger partial charge in [-0.1, -0.05) is 18.2 Å². The van der Waals surface area contributed by atoms with Gasteiger partial charge in [0.2, 0.25) is 5.91 Å². The lowest BCUT2D eigenvalue weighted by Crippen LogP contribution is -2.31. The van der Waals surface area contributed by atoms with E-state index < -0.39 is 0 Å². The van der Waals surface area contributed by atoms with E-state index in [1.807, 2.05) is 23.2 Å². The van der Waals surface area contributed by atoms with Gasteiger partial charge in [-0.05, 0) is 50.3 Å². The van der Waals surface area contributed by atoms with E-state index >= 15 is 0 Å². The number of hydrogen-bond donors (Lipinski definition) is 0. The van der Waals surface area contributed by atoms with Gasteiger partial charge in [0.1, 0.15) is 0 Å². The quantitative estimate of drug-likeness (QED) is 0.732. The second kappa shape index (κ2) is 8.92. The summed E-state index contributed by atoms with van der Waals surface area (Å²) >= 11 is 0. The van der Waals surface area contributed by atoms with Crippen LogP contribution in [0.1, 0.15) is 24.1 Å². The van der Waals surface area contributed by atoms with Gasteiger partial charge >= 0.3 is 0 Å². The minimum atomic E-state index is 0.237. The van der Waals surface area contributed by atoms with E-state index in [4.69, 9.17) is 0 Å². The fourth-order valence-corrected chi connectivity index (χ4v) is 3.24. The molecule has 5 heteroatoms. The third-order valence-corrected chi connectivity index (χ3v) is 4.70. The maximum atomic E-state index is 11.9. The number of likely N-dealkylation sites (N-methyl/N-ethyl adjacent to an activating group) is 1. The highest BCUT2D eigenvalue weighted by atomic mass is 16.2. The van der Waals surface area contributed by atoms with Gasteiger partial charge in [-0.15, -0.1) is 0 Å². The third-order valence-electron chi connectivity index (χ3n) is 4.70. The zero-order chi connectivity index (χ0) is 18.4. The Labute approximate surface area is 156 Å². The molecule has 2 heterocycles. The second-order valence-electron chi connectivity index (χ2n) is 7.15. The zero-order valence-electron chi connectivity index (χ0n) is 15.8. The summed E-state index contributed by atoms with van der Waals surface area (Å²) in [4.78, 5) is 22.9. The summed E-state index contributed by atoms with van der Waals surface area (Å²) in [7, 11) is 4.20. The van der Waals surface area contributed by atoms with Gasteiger partial charge in [-0.3, -0.25) is 14.7 Å². The number of nitrogens with zero attached hydrogens (tertiary/aromatic N) is 4. The van der Waals surface area contributed by atoms with Gasteiger partial charge < -0.3 is 9.80 Å². The van der Waals surface area contributed by atoms with Gasteiger partial charge in [-0.25, -0.2) is 0 Å². The van der Waals surface area contributed by atoms with Crippen LogP contribution in [0.3, 0.4) is 0 Å². The predicted octanol–water partition coefficient (Wildman–Crippen LogP) is 2.77. The summed E-state index contributed by atoms with van der Waals surface area (Å²) in [5.74, 6) is 0.237. The molecular formula is C21H28N4O. The number of carbonyl (C=O) groups excluding carboxylic acids is 1. The molecule has 5 nitrogen and oxygen atoms in total. The Morgan fingerprint density at radius 2 is 1.85 bits per heavy atom. The lowest BCUT2D eigenvalue weighted by atomic mass is 10.1. The number of pyridine rings is 1. The zero-order valence-corrected chi connectivity index (χ0v) is 15.8. The molecule has 1 aliphatic rings. The average molecular weight is 352 g/mol. The number of rotatable bonds is 8. The van der Waals surface area contributed by atoms with Gasteiger partial charge in [0.15, 0.2) is 0 Å². The predicted molar refractivity (Wildman–Crippen MR) is 105 cm³/mol. The van der Waals surface area contributed by atoms with Crippen molar-refractivity contribution in [1.29, 1.82) is 0 Å². The largest absolute Gasteiger partial charge is 0.312 e. The van der Waals surface area contributed by atoms with E-state index in [-0.39, 0.29) is 5.91 Å². The molecule has 2 aromatic rings. The van der Waals surface area contributed by atoms with Crippen LogP contribution >= 0.6 is 0 Å². The highest BCUT2D eigenvalue weighted by molar-refractivity contribution is 5.95. The Morgan fingerprint density at radius 3 is 2.46 bits per heavy atom. The van der Waals surface area contributed by atoms with Crippen LogP contribution in [-0.2, 0) is 17.9 Å². The molecule has 1 saturated heterocycles. The second-order valence-corrected chi connectivity index (χ2v) is 7.15. The lowest BCUT2D eigenvalue weighted by molar-refractivity contribution is -0.117. The Kier molecular flexibility index (Phi) is 6.36. The van der Waals surface area contributed by atoms with Crippen molar-refractivity contribution < 1.29 is 4.79 Å². The van der Waals surface area contributed by atoms with Gasteiger partial charge in [0, 0.05) is 51.0 Å². The van der Waals surface area contributed by atoms with Gasteiger partial charge in [-0.2, -0.15) is 0 Å². The monoisotopic (exact) mass is 352 g/mol. The van der Waals surface area contributed by atoms with Crippen molar-refractivity contribution in [3.05, 3.63) is 59.9 Å². The van der Waals surface area contributed by atoms with E-state index in [2.05, 4.69) is 59.2 Å². The number of hydrogen-bond acceptors (Lipinski definition) is 4. The normalized spacial score (nSPS) is 14.6. The molecule has 1 fully saturated rings. The molecule has 0 aliphatic carbocycles. The molecule has 26 heavy (non-hydrogen) atoms. The van der Waals surface area contributed by atoms with Crippen LogP contribution in [0.25, 0.3) is 0 Å². The van der Waals surface area contributed by atoms with Gasteiger partial charge in [0.25, 0.3) is 0 Å². The number of carbonyl (C=O) groups is 1. The molecule has 1 amide bonds. The molecule has 0 atom stereocenters. The summed E-state index contributed by atoms with van der Waals surface area (Å²) in [6.07, 6.45) is 3.48. The van der Waals surface area contributed by atoms with Crippen LogP contribution in [0.15, 0.2) is 48.7 Å². The standard InChI is InChI=1S/C21H28N4O/c1-23(2)14-15-24(17-19-6-3-4-12-22-19)16-18-8-10-20(11-9-18)25-13-5-7-21(25)26/h3-4,6,8-12H,5,7,13-17H2,1-2H3. The molecule has 1 aromatic carbocycles. The maximum absolute atomic E-state index is 11.9. The third kappa shape index (κ3) is 5.13. The summed E-state index contributed by atoms with van der Waals surface area (Å²) in [6.45, 7) is 4.54. The smallest absolute Gasteiger partial charge is 0.227 e. The molecule has 0 spiro atoms. The van der Waals surface area contributed by atoms with Crippen LogP contribution in [0.4, 0.5) is 5.69 Å². The van der Waals surface area contributed by atoms with Crippen molar-refractivity contribution in [3.8, 4) is 0 Å². The van der Waals surface area contributed by atoms with E-state index in [1.54, 1.807) is 0 Å². The van der Waals surface area contributed by atoms with Crippen molar-refractivity contribution >= 4 is 11.6 Å². The minimum absolute atomic E-state index is 0.237. The highest BCUT2D eigenvalue weighted by Crippen LogP contribution is 2.22. The molecule has 0 N–H and O–H groups in total. The van der Waals surface area contributed by atoms with Crippen molar-refractivity contribution in [2.45, 2.75) is 25.9 Å². The first-order valence-electron chi connectivity index (χ1n) is 9.28. The molecule has 0 bridgehead atoms. The summed E-state index contributed by atoms with van der Waals surface area (Å²) in [5, 5.41) is 0. The first-order chi connectivity index (χ1) is 12.6. The number of benzene rings is 1. The van der Waals surface area contributed by atoms with Crippen molar-refractivity contribution in [3.63, 3.8) is 0 Å². The molecule has 138 valence electrons. The Bertz CT molecular complexity index is 700. The van der Waals surface area contributed by atoms with Crippen molar-refractivity contribution in [2.75, 3.05) is 38.6 Å². The Balaban J connectivity index is 1.66. The van der Waals surface area contributed by atoms with E-state index in [9.17, 15) is 4.79 Å². The molecule has 1 aliphatic heterocycles. The average Bonchev–Trinajstić information content (AvgIpc) is 3.07. The fraction of sp³-hybridized carbons (Fsp3) is 0.429. The topological polar surface area (TPSA) is 39.7 Å². The number of amides is 1. The minimum Gasteiger partial charge on any atom is -0.312 e. The number of aromatic nitrogens is 1. The van der Waals surface area contributed by atoms with Crippen LogP contribution in [0.2, 0.25) is 0 Å². The highest BCUT2D eigenvalue weighted by Gasteiger charge is 2.21. The van der Waals surface area contributed by atoms with Crippen LogP contribution in [-0.4, -0.2) is 54.4 Å². The van der Waals surface area contributed by atoms with E-state index in [0.717, 1.165) is 50.5 Å². The SMILES string of the molecule is CN(C)CCN(Cc1ccc(N2CCCC2=O)cc1)Cc1ccccn1. The van der Waals surface area contributed by atoms with E-state index in [0.29, 0.717) is 6.42 Å². The molecule has 0 unspecified atom stereocenters. The molecule has 3 rings (SSSR count). The number of anilines is 1. The van der Waals surface area contributed by atoms with Crippen LogP contribution in [0, 0.1) is 0 Å². The molecule has 1 aromatic heterocycles. The molecular weight excluding hydrogens is 324 g/mol. The summed E-state index contributed by atoms with van der Waals surface area (Å²) in [6, 6.07) is 14.5. The fourth-order valence-electron chi connectivity index (χ4n) is 3.24. The molecule has 0 radical (unpaired) electrons. The van der Waals surface area contributed by atoms with Crippen molar-refractivity contribution in [2.24, 2.45) is 0 Å². The maximum Gasteiger partial charge on any atom is 0.227 e. The lowest BCUT2D eigenvalue weighted by Gasteiger charge is -2.24. The summed E-state index contributed by atoms with van der Waals surface area (Å²) < 4.78 is 0. The Hall–Kier alpha value is -2.24. The van der Waals surface area contributed by atoms with Crippen LogP contribution < -0.4 is 4.90 Å². The van der Waals surface area contributed by atoms with Crippen LogP contribution in [0.5, 0.6) is 0 Å².